The van der Waals surface area contributed by atoms with E-state index in [0.717, 1.165) is 0 Å². The van der Waals surface area contributed by atoms with Gasteiger partial charge in [-0.2, -0.15) is 8.42 Å². The molecule has 56 valence electrons. The highest BCUT2D eigenvalue weighted by atomic mass is 32.2. The molecule has 0 amide bonds. The lowest BCUT2D eigenvalue weighted by molar-refractivity contribution is 0.147. The fourth-order valence-electron chi connectivity index (χ4n) is 0.203. The molecule has 0 atom stereocenters. The van der Waals surface area contributed by atoms with E-state index < -0.39 is 10.3 Å². The van der Waals surface area contributed by atoms with E-state index in [0.29, 0.717) is 0 Å². The minimum atomic E-state index is -3.85. The van der Waals surface area contributed by atoms with E-state index >= 15 is 0 Å². The van der Waals surface area contributed by atoms with Gasteiger partial charge in [0.25, 0.3) is 0 Å². The van der Waals surface area contributed by atoms with Crippen LogP contribution in [0.25, 0.3) is 0 Å². The number of nitrogens with one attached hydrogen (secondary N) is 1. The monoisotopic (exact) mass is 156 g/mol. The van der Waals surface area contributed by atoms with Gasteiger partial charge in [-0.05, 0) is 0 Å². The average Bonchev–Trinajstić information content (AvgIpc) is 1.63. The zero-order valence-electron chi connectivity index (χ0n) is 4.57. The summed E-state index contributed by atoms with van der Waals surface area (Å²) in [5.41, 5.74) is 1.70. The summed E-state index contributed by atoms with van der Waals surface area (Å²) in [4.78, 5) is 0. The minimum absolute atomic E-state index is 0.0242. The Labute approximate surface area is 52.8 Å². The van der Waals surface area contributed by atoms with Gasteiger partial charge in [-0.3, -0.25) is 4.18 Å². The number of rotatable bonds is 4. The predicted octanol–water partition coefficient (Wildman–Crippen LogP) is -1.81. The molecule has 4 N–H and O–H groups in total. The summed E-state index contributed by atoms with van der Waals surface area (Å²) in [6.45, 7) is -0.147. The second-order valence-electron chi connectivity index (χ2n) is 1.22. The van der Waals surface area contributed by atoms with Crippen LogP contribution >= 0.6 is 0 Å². The highest BCUT2D eigenvalue weighted by Crippen LogP contribution is 1.77. The van der Waals surface area contributed by atoms with Gasteiger partial charge in [-0.15, -0.1) is 0 Å². The molecule has 0 saturated heterocycles. The first kappa shape index (κ1) is 8.79. The van der Waals surface area contributed by atoms with Gasteiger partial charge < -0.3 is 5.21 Å². The van der Waals surface area contributed by atoms with Gasteiger partial charge in [0.1, 0.15) is 0 Å². The Morgan fingerprint density at radius 2 is 2.22 bits per heavy atom. The normalized spacial score (nSPS) is 11.8. The van der Waals surface area contributed by atoms with Crippen molar-refractivity contribution >= 4 is 10.3 Å². The molecular formula is C2H8N2O4S. The van der Waals surface area contributed by atoms with E-state index in [9.17, 15) is 8.42 Å². The second-order valence-corrected chi connectivity index (χ2v) is 2.44. The molecule has 0 spiro atoms. The van der Waals surface area contributed by atoms with E-state index in [1.54, 1.807) is 5.48 Å². The summed E-state index contributed by atoms with van der Waals surface area (Å²) in [6, 6.07) is 0. The van der Waals surface area contributed by atoms with Crippen LogP contribution in [0.5, 0.6) is 0 Å². The third kappa shape index (κ3) is 7.79. The van der Waals surface area contributed by atoms with Crippen LogP contribution in [-0.4, -0.2) is 26.8 Å². The molecule has 0 fully saturated rings. The van der Waals surface area contributed by atoms with E-state index in [2.05, 4.69) is 9.32 Å². The summed E-state index contributed by atoms with van der Waals surface area (Å²) in [5.74, 6) is 0. The molecule has 0 rings (SSSR count). The number of hydroxylamine groups is 1. The van der Waals surface area contributed by atoms with Crippen molar-refractivity contribution in [2.45, 2.75) is 0 Å². The van der Waals surface area contributed by atoms with Crippen LogP contribution in [-0.2, 0) is 14.5 Å². The number of nitrogens with two attached hydrogens (primary N) is 1. The fourth-order valence-corrected chi connectivity index (χ4v) is 0.519. The van der Waals surface area contributed by atoms with Gasteiger partial charge in [0.15, 0.2) is 0 Å². The first-order valence-corrected chi connectivity index (χ1v) is 3.57. The molecule has 6 nitrogen and oxygen atoms in total. The molecule has 0 aliphatic carbocycles. The van der Waals surface area contributed by atoms with Crippen LogP contribution in [0.2, 0.25) is 0 Å². The van der Waals surface area contributed by atoms with E-state index in [-0.39, 0.29) is 13.2 Å². The molecule has 0 radical (unpaired) electrons. The Morgan fingerprint density at radius 1 is 1.67 bits per heavy atom. The largest absolute Gasteiger partial charge is 0.333 e. The second kappa shape index (κ2) is 3.75. The van der Waals surface area contributed by atoms with Gasteiger partial charge in [0.05, 0.1) is 6.61 Å². The quantitative estimate of drug-likeness (QED) is 0.329. The van der Waals surface area contributed by atoms with E-state index in [1.807, 2.05) is 0 Å². The Hall–Kier alpha value is -0.210. The average molecular weight is 156 g/mol. The zero-order valence-corrected chi connectivity index (χ0v) is 5.39. The molecule has 0 aliphatic rings. The van der Waals surface area contributed by atoms with Gasteiger partial charge in [-0.25, -0.2) is 10.6 Å². The molecule has 0 bridgehead atoms. The maximum atomic E-state index is 9.95. The lowest BCUT2D eigenvalue weighted by Crippen LogP contribution is -2.22. The first-order valence-electron chi connectivity index (χ1n) is 2.10. The summed E-state index contributed by atoms with van der Waals surface area (Å²) in [7, 11) is -3.85. The standard InChI is InChI=1S/C2H8N2O4S/c3-9(6,7)8-2-1-4-5/h4-5H,1-2H2,(H2,3,6,7). The lowest BCUT2D eigenvalue weighted by atomic mass is 10.8. The summed E-state index contributed by atoms with van der Waals surface area (Å²) in [5, 5.41) is 12.3. The van der Waals surface area contributed by atoms with Crippen molar-refractivity contribution in [1.29, 1.82) is 0 Å². The fraction of sp³-hybridized carbons (Fsp3) is 1.00. The smallest absolute Gasteiger partial charge is 0.317 e. The van der Waals surface area contributed by atoms with Crippen molar-refractivity contribution in [3.63, 3.8) is 0 Å². The topological polar surface area (TPSA) is 102 Å². The van der Waals surface area contributed by atoms with Crippen LogP contribution in [0.15, 0.2) is 0 Å². The Bertz CT molecular complexity index is 152. The van der Waals surface area contributed by atoms with Gasteiger partial charge in [0.2, 0.25) is 0 Å². The maximum absolute atomic E-state index is 9.95. The van der Waals surface area contributed by atoms with Crippen molar-refractivity contribution in [3.05, 3.63) is 0 Å². The third-order valence-electron chi connectivity index (χ3n) is 0.461. The minimum Gasteiger partial charge on any atom is -0.317 e. The summed E-state index contributed by atoms with van der Waals surface area (Å²) in [6.07, 6.45) is 0. The molecular weight excluding hydrogens is 148 g/mol. The molecule has 9 heavy (non-hydrogen) atoms. The SMILES string of the molecule is NS(=O)(=O)OCCNO. The highest BCUT2D eigenvalue weighted by Gasteiger charge is 1.98. The van der Waals surface area contributed by atoms with E-state index in [1.165, 1.54) is 0 Å². The van der Waals surface area contributed by atoms with E-state index in [4.69, 9.17) is 5.21 Å². The van der Waals surface area contributed by atoms with Crippen LogP contribution in [0.3, 0.4) is 0 Å². The number of hydrogen-bond acceptors (Lipinski definition) is 5. The maximum Gasteiger partial charge on any atom is 0.333 e. The third-order valence-corrected chi connectivity index (χ3v) is 0.957. The molecule has 0 heterocycles. The van der Waals surface area contributed by atoms with Crippen LogP contribution < -0.4 is 10.6 Å². The van der Waals surface area contributed by atoms with Gasteiger partial charge in [0, 0.05) is 6.54 Å². The van der Waals surface area contributed by atoms with Crippen molar-refractivity contribution in [2.24, 2.45) is 5.14 Å². The van der Waals surface area contributed by atoms with Crippen molar-refractivity contribution in [3.8, 4) is 0 Å². The van der Waals surface area contributed by atoms with Crippen LogP contribution in [0.1, 0.15) is 0 Å². The molecule has 0 aromatic carbocycles. The van der Waals surface area contributed by atoms with Crippen molar-refractivity contribution in [1.82, 2.24) is 5.48 Å². The van der Waals surface area contributed by atoms with Crippen molar-refractivity contribution < 1.29 is 17.8 Å². The zero-order chi connectivity index (χ0) is 7.33. The van der Waals surface area contributed by atoms with Gasteiger partial charge in [-0.1, -0.05) is 0 Å². The van der Waals surface area contributed by atoms with Crippen molar-refractivity contribution in [2.75, 3.05) is 13.2 Å². The molecule has 7 heteroatoms. The first-order chi connectivity index (χ1) is 4.06. The molecule has 0 aliphatic heterocycles. The lowest BCUT2D eigenvalue weighted by Gasteiger charge is -1.96. The Morgan fingerprint density at radius 3 is 2.56 bits per heavy atom. The number of hydrogen-bond donors (Lipinski definition) is 3. The molecule has 0 aromatic heterocycles. The predicted molar refractivity (Wildman–Crippen MR) is 28.8 cm³/mol. The van der Waals surface area contributed by atoms with Crippen LogP contribution in [0, 0.1) is 0 Å². The molecule has 0 unspecified atom stereocenters. The molecule has 0 aromatic rings. The highest BCUT2D eigenvalue weighted by molar-refractivity contribution is 7.84. The van der Waals surface area contributed by atoms with Crippen LogP contribution in [0.4, 0.5) is 0 Å². The Balaban J connectivity index is 3.30. The summed E-state index contributed by atoms with van der Waals surface area (Å²) < 4.78 is 23.9. The Kier molecular flexibility index (Phi) is 3.66. The summed E-state index contributed by atoms with van der Waals surface area (Å²) >= 11 is 0. The molecule has 0 saturated carbocycles. The van der Waals surface area contributed by atoms with Gasteiger partial charge >= 0.3 is 10.3 Å².